The fourth-order valence-electron chi connectivity index (χ4n) is 3.53. The second kappa shape index (κ2) is 8.76. The minimum absolute atomic E-state index is 0.193. The number of nitrogens with one attached hydrogen (secondary N) is 1. The number of pyridine rings is 1. The number of nitrogens with zero attached hydrogens (tertiary/aromatic N) is 3. The normalized spacial score (nSPS) is 12.8. The van der Waals surface area contributed by atoms with Gasteiger partial charge in [-0.15, -0.1) is 0 Å². The number of aromatic nitrogens is 2. The van der Waals surface area contributed by atoms with Crippen molar-refractivity contribution in [2.24, 2.45) is 0 Å². The molecule has 0 radical (unpaired) electrons. The highest BCUT2D eigenvalue weighted by Gasteiger charge is 2.22. The van der Waals surface area contributed by atoms with Crippen LogP contribution in [0, 0.1) is 6.92 Å². The topological polar surface area (TPSA) is 105 Å². The van der Waals surface area contributed by atoms with Crippen LogP contribution in [0.5, 0.6) is 0 Å². The van der Waals surface area contributed by atoms with Gasteiger partial charge in [-0.3, -0.25) is 4.79 Å². The third-order valence-electron chi connectivity index (χ3n) is 5.44. The summed E-state index contributed by atoms with van der Waals surface area (Å²) in [6.45, 7) is 3.60. The number of amides is 1. The van der Waals surface area contributed by atoms with Crippen molar-refractivity contribution in [3.8, 4) is 11.3 Å². The zero-order chi connectivity index (χ0) is 23.8. The zero-order valence-corrected chi connectivity index (χ0v) is 19.6. The van der Waals surface area contributed by atoms with Gasteiger partial charge in [-0.05, 0) is 37.6 Å². The summed E-state index contributed by atoms with van der Waals surface area (Å²) in [5, 5.41) is 7.53. The van der Waals surface area contributed by atoms with Gasteiger partial charge in [0.1, 0.15) is 0 Å². The van der Waals surface area contributed by atoms with E-state index in [1.807, 2.05) is 37.3 Å². The van der Waals surface area contributed by atoms with Gasteiger partial charge in [-0.2, -0.15) is 0 Å². The van der Waals surface area contributed by atoms with E-state index in [1.165, 1.54) is 26.2 Å². The highest BCUT2D eigenvalue weighted by atomic mass is 32.2. The van der Waals surface area contributed by atoms with Crippen molar-refractivity contribution in [3.05, 3.63) is 77.5 Å². The number of sulfonamides is 1. The van der Waals surface area contributed by atoms with Crippen molar-refractivity contribution < 1.29 is 17.7 Å². The number of fused-ring (bicyclic) bond motifs is 1. The lowest BCUT2D eigenvalue weighted by Gasteiger charge is -2.16. The van der Waals surface area contributed by atoms with Crippen LogP contribution in [0.15, 0.2) is 70.1 Å². The van der Waals surface area contributed by atoms with Gasteiger partial charge in [0.15, 0.2) is 0 Å². The number of carbonyl (C=O) groups is 1. The van der Waals surface area contributed by atoms with Gasteiger partial charge in [-0.1, -0.05) is 47.6 Å². The number of carbonyl (C=O) groups excluding carboxylic acids is 1. The van der Waals surface area contributed by atoms with Crippen LogP contribution in [0.4, 0.5) is 0 Å². The molecule has 4 aromatic rings. The van der Waals surface area contributed by atoms with Crippen molar-refractivity contribution in [1.29, 1.82) is 0 Å². The summed E-state index contributed by atoms with van der Waals surface area (Å²) in [6, 6.07) is 17.4. The van der Waals surface area contributed by atoms with Crippen LogP contribution in [0.25, 0.3) is 22.4 Å². The van der Waals surface area contributed by atoms with E-state index in [0.717, 1.165) is 15.4 Å². The predicted octanol–water partition coefficient (Wildman–Crippen LogP) is 3.94. The maximum atomic E-state index is 13.3. The standard InChI is InChI=1S/C24H24N4O4S/c1-15(17-10-12-19(13-11-17)33(30,31)28(3)4)25-23(29)20-14-21(18-8-6-5-7-9-18)26-24-22(20)16(2)27-32-24/h5-15H,1-4H3,(H,25,29). The molecular weight excluding hydrogens is 440 g/mol. The minimum atomic E-state index is -3.52. The SMILES string of the molecule is Cc1noc2nc(-c3ccccc3)cc(C(=O)NC(C)c3ccc(S(=O)(=O)N(C)C)cc3)c12. The van der Waals surface area contributed by atoms with Crippen LogP contribution in [0.2, 0.25) is 0 Å². The van der Waals surface area contributed by atoms with Gasteiger partial charge in [0.25, 0.3) is 11.6 Å². The molecule has 8 nitrogen and oxygen atoms in total. The van der Waals surface area contributed by atoms with Crippen molar-refractivity contribution in [1.82, 2.24) is 19.8 Å². The van der Waals surface area contributed by atoms with Crippen LogP contribution in [0.3, 0.4) is 0 Å². The molecular formula is C24H24N4O4S. The van der Waals surface area contributed by atoms with E-state index in [9.17, 15) is 13.2 Å². The van der Waals surface area contributed by atoms with Gasteiger partial charge < -0.3 is 9.84 Å². The maximum Gasteiger partial charge on any atom is 0.259 e. The number of rotatable bonds is 6. The molecule has 1 atom stereocenters. The van der Waals surface area contributed by atoms with Gasteiger partial charge in [-0.25, -0.2) is 17.7 Å². The Morgan fingerprint density at radius 3 is 2.36 bits per heavy atom. The smallest absolute Gasteiger partial charge is 0.259 e. The molecule has 0 aliphatic carbocycles. The minimum Gasteiger partial charge on any atom is -0.345 e. The molecule has 1 N–H and O–H groups in total. The summed E-state index contributed by atoms with van der Waals surface area (Å²) < 4.78 is 31.1. The lowest BCUT2D eigenvalue weighted by atomic mass is 10.0. The van der Waals surface area contributed by atoms with E-state index in [0.29, 0.717) is 28.1 Å². The molecule has 2 heterocycles. The lowest BCUT2D eigenvalue weighted by Crippen LogP contribution is -2.27. The molecule has 1 amide bonds. The van der Waals surface area contributed by atoms with E-state index in [-0.39, 0.29) is 16.8 Å². The highest BCUT2D eigenvalue weighted by Crippen LogP contribution is 2.27. The summed E-state index contributed by atoms with van der Waals surface area (Å²) in [6.07, 6.45) is 0. The summed E-state index contributed by atoms with van der Waals surface area (Å²) in [5.41, 5.74) is 3.52. The molecule has 1 unspecified atom stereocenters. The number of aryl methyl sites for hydroxylation is 1. The molecule has 0 saturated carbocycles. The van der Waals surface area contributed by atoms with E-state index in [1.54, 1.807) is 25.1 Å². The van der Waals surface area contributed by atoms with E-state index in [4.69, 9.17) is 4.52 Å². The van der Waals surface area contributed by atoms with Gasteiger partial charge in [0, 0.05) is 19.7 Å². The summed E-state index contributed by atoms with van der Waals surface area (Å²) in [7, 11) is -0.549. The molecule has 4 rings (SSSR count). The molecule has 2 aromatic heterocycles. The quantitative estimate of drug-likeness (QED) is 0.463. The first-order chi connectivity index (χ1) is 15.7. The van der Waals surface area contributed by atoms with Crippen molar-refractivity contribution in [3.63, 3.8) is 0 Å². The van der Waals surface area contributed by atoms with E-state index in [2.05, 4.69) is 15.5 Å². The highest BCUT2D eigenvalue weighted by molar-refractivity contribution is 7.89. The Labute approximate surface area is 192 Å². The molecule has 0 fully saturated rings. The van der Waals surface area contributed by atoms with Gasteiger partial charge >= 0.3 is 0 Å². The average Bonchev–Trinajstić information content (AvgIpc) is 3.19. The molecule has 0 saturated heterocycles. The first-order valence-corrected chi connectivity index (χ1v) is 11.8. The second-order valence-corrected chi connectivity index (χ2v) is 10.1. The fourth-order valence-corrected chi connectivity index (χ4v) is 4.43. The third kappa shape index (κ3) is 4.37. The van der Waals surface area contributed by atoms with Gasteiger partial charge in [0.05, 0.1) is 33.3 Å². The predicted molar refractivity (Wildman–Crippen MR) is 125 cm³/mol. The molecule has 170 valence electrons. The average molecular weight is 465 g/mol. The Balaban J connectivity index is 1.64. The summed E-state index contributed by atoms with van der Waals surface area (Å²) in [4.78, 5) is 18.0. The Kier molecular flexibility index (Phi) is 6.01. The number of benzene rings is 2. The second-order valence-electron chi connectivity index (χ2n) is 7.92. The lowest BCUT2D eigenvalue weighted by molar-refractivity contribution is 0.0941. The third-order valence-corrected chi connectivity index (χ3v) is 7.27. The number of hydrogen-bond acceptors (Lipinski definition) is 6. The van der Waals surface area contributed by atoms with Crippen LogP contribution >= 0.6 is 0 Å². The Morgan fingerprint density at radius 2 is 1.73 bits per heavy atom. The van der Waals surface area contributed by atoms with Crippen LogP contribution in [-0.2, 0) is 10.0 Å². The summed E-state index contributed by atoms with van der Waals surface area (Å²) >= 11 is 0. The van der Waals surface area contributed by atoms with Crippen molar-refractivity contribution >= 4 is 27.0 Å². The molecule has 0 spiro atoms. The monoisotopic (exact) mass is 464 g/mol. The van der Waals surface area contributed by atoms with Crippen LogP contribution < -0.4 is 5.32 Å². The van der Waals surface area contributed by atoms with E-state index < -0.39 is 10.0 Å². The molecule has 33 heavy (non-hydrogen) atoms. The molecule has 0 aliphatic rings. The molecule has 0 aliphatic heterocycles. The Morgan fingerprint density at radius 1 is 1.06 bits per heavy atom. The fraction of sp³-hybridized carbons (Fsp3) is 0.208. The Bertz CT molecular complexity index is 1410. The molecule has 9 heteroatoms. The first kappa shape index (κ1) is 22.6. The van der Waals surface area contributed by atoms with E-state index >= 15 is 0 Å². The Hall–Kier alpha value is -3.56. The zero-order valence-electron chi connectivity index (χ0n) is 18.7. The largest absolute Gasteiger partial charge is 0.345 e. The van der Waals surface area contributed by atoms with Crippen LogP contribution in [0.1, 0.15) is 34.6 Å². The van der Waals surface area contributed by atoms with Crippen LogP contribution in [-0.4, -0.2) is 42.9 Å². The van der Waals surface area contributed by atoms with Crippen molar-refractivity contribution in [2.75, 3.05) is 14.1 Å². The molecule has 0 bridgehead atoms. The number of hydrogen-bond donors (Lipinski definition) is 1. The van der Waals surface area contributed by atoms with Crippen molar-refractivity contribution in [2.45, 2.75) is 24.8 Å². The first-order valence-electron chi connectivity index (χ1n) is 10.3. The maximum absolute atomic E-state index is 13.3. The summed E-state index contributed by atoms with van der Waals surface area (Å²) in [5.74, 6) is -0.302. The molecule has 2 aromatic carbocycles. The van der Waals surface area contributed by atoms with Gasteiger partial charge in [0.2, 0.25) is 10.0 Å².